The summed E-state index contributed by atoms with van der Waals surface area (Å²) in [4.78, 5) is 2.47. The van der Waals surface area contributed by atoms with Crippen LogP contribution in [0.1, 0.15) is 37.4 Å². The fourth-order valence-corrected chi connectivity index (χ4v) is 4.58. The Hall–Kier alpha value is -1.30. The molecule has 3 aliphatic rings. The predicted octanol–water partition coefficient (Wildman–Crippen LogP) is 2.99. The first-order valence-corrected chi connectivity index (χ1v) is 8.88. The third-order valence-electron chi connectivity index (χ3n) is 6.01. The lowest BCUT2D eigenvalue weighted by Gasteiger charge is -2.40. The van der Waals surface area contributed by atoms with Crippen LogP contribution in [0.25, 0.3) is 0 Å². The predicted molar refractivity (Wildman–Crippen MR) is 90.4 cm³/mol. The number of hydrogen-bond donors (Lipinski definition) is 0. The topological polar surface area (TPSA) is 40.2 Å². The number of hydrogen-bond acceptors (Lipinski definition) is 5. The molecule has 132 valence electrons. The van der Waals surface area contributed by atoms with E-state index in [-0.39, 0.29) is 6.10 Å². The molecule has 5 heteroatoms. The minimum Gasteiger partial charge on any atom is -0.493 e. The van der Waals surface area contributed by atoms with Gasteiger partial charge in [0.25, 0.3) is 0 Å². The summed E-state index contributed by atoms with van der Waals surface area (Å²) in [7, 11) is 5.54. The van der Waals surface area contributed by atoms with Crippen molar-refractivity contribution in [1.29, 1.82) is 0 Å². The van der Waals surface area contributed by atoms with Crippen molar-refractivity contribution in [3.63, 3.8) is 0 Å². The first kappa shape index (κ1) is 16.2. The van der Waals surface area contributed by atoms with Crippen LogP contribution in [0.3, 0.4) is 0 Å². The maximum absolute atomic E-state index is 6.46. The van der Waals surface area contributed by atoms with Gasteiger partial charge in [-0.3, -0.25) is 0 Å². The van der Waals surface area contributed by atoms with Gasteiger partial charge in [0, 0.05) is 18.9 Å². The molecule has 0 N–H and O–H groups in total. The molecule has 4 atom stereocenters. The Kier molecular flexibility index (Phi) is 4.19. The molecule has 1 spiro atoms. The normalized spacial score (nSPS) is 36.0. The molecule has 1 saturated carbocycles. The molecule has 1 aliphatic carbocycles. The SMILES string of the molecule is COc1ccc(C2COC3(CCC4CCN(C)C4C3)O2)cc1OC. The number of ether oxygens (including phenoxy) is 4. The standard InChI is InChI=1S/C19H27NO4/c1-20-9-7-13-6-8-19(11-15(13)20)23-12-18(24-19)14-4-5-16(21-2)17(10-14)22-3/h4-5,10,13,15,18H,6-9,11-12H2,1-3H3. The molecule has 0 amide bonds. The maximum atomic E-state index is 6.46. The summed E-state index contributed by atoms with van der Waals surface area (Å²) in [5.41, 5.74) is 1.09. The van der Waals surface area contributed by atoms with E-state index in [0.717, 1.165) is 35.8 Å². The number of rotatable bonds is 3. The van der Waals surface area contributed by atoms with Gasteiger partial charge in [-0.1, -0.05) is 6.07 Å². The highest BCUT2D eigenvalue weighted by Crippen LogP contribution is 2.48. The molecular weight excluding hydrogens is 306 g/mol. The molecule has 5 nitrogen and oxygen atoms in total. The van der Waals surface area contributed by atoms with E-state index in [1.54, 1.807) is 14.2 Å². The molecule has 2 heterocycles. The Morgan fingerprint density at radius 2 is 2.00 bits per heavy atom. The third kappa shape index (κ3) is 2.68. The van der Waals surface area contributed by atoms with Gasteiger partial charge in [-0.2, -0.15) is 0 Å². The van der Waals surface area contributed by atoms with Crippen LogP contribution in [-0.2, 0) is 9.47 Å². The molecule has 2 saturated heterocycles. The Morgan fingerprint density at radius 3 is 2.79 bits per heavy atom. The smallest absolute Gasteiger partial charge is 0.170 e. The van der Waals surface area contributed by atoms with Crippen molar-refractivity contribution >= 4 is 0 Å². The highest BCUT2D eigenvalue weighted by atomic mass is 16.7. The van der Waals surface area contributed by atoms with E-state index in [1.807, 2.05) is 18.2 Å². The zero-order chi connectivity index (χ0) is 16.7. The number of benzene rings is 1. The van der Waals surface area contributed by atoms with Gasteiger partial charge in [0.05, 0.1) is 20.8 Å². The second kappa shape index (κ2) is 6.21. The van der Waals surface area contributed by atoms with Gasteiger partial charge in [-0.15, -0.1) is 0 Å². The minimum atomic E-state index is -0.405. The van der Waals surface area contributed by atoms with Gasteiger partial charge in [0.2, 0.25) is 0 Å². The van der Waals surface area contributed by atoms with Crippen molar-refractivity contribution in [3.8, 4) is 11.5 Å². The average molecular weight is 333 g/mol. The molecule has 1 aromatic carbocycles. The first-order chi connectivity index (χ1) is 11.6. The van der Waals surface area contributed by atoms with Crippen LogP contribution in [0, 0.1) is 5.92 Å². The van der Waals surface area contributed by atoms with Crippen LogP contribution < -0.4 is 9.47 Å². The van der Waals surface area contributed by atoms with Gasteiger partial charge < -0.3 is 23.8 Å². The summed E-state index contributed by atoms with van der Waals surface area (Å²) in [5, 5.41) is 0. The quantitative estimate of drug-likeness (QED) is 0.850. The number of nitrogens with zero attached hydrogens (tertiary/aromatic N) is 1. The summed E-state index contributed by atoms with van der Waals surface area (Å²) in [5.74, 6) is 1.88. The van der Waals surface area contributed by atoms with E-state index in [2.05, 4.69) is 11.9 Å². The molecule has 24 heavy (non-hydrogen) atoms. The van der Waals surface area contributed by atoms with Gasteiger partial charge in [0.15, 0.2) is 17.3 Å². The number of methoxy groups -OCH3 is 2. The van der Waals surface area contributed by atoms with Gasteiger partial charge in [0.1, 0.15) is 6.10 Å². The third-order valence-corrected chi connectivity index (χ3v) is 6.01. The Morgan fingerprint density at radius 1 is 1.17 bits per heavy atom. The molecule has 0 radical (unpaired) electrons. The van der Waals surface area contributed by atoms with E-state index in [9.17, 15) is 0 Å². The van der Waals surface area contributed by atoms with Crippen molar-refractivity contribution in [2.75, 3.05) is 34.4 Å². The van der Waals surface area contributed by atoms with Crippen LogP contribution in [0.5, 0.6) is 11.5 Å². The Balaban J connectivity index is 1.50. The molecule has 0 aromatic heterocycles. The second-order valence-electron chi connectivity index (χ2n) is 7.28. The lowest BCUT2D eigenvalue weighted by atomic mass is 9.81. The second-order valence-corrected chi connectivity index (χ2v) is 7.28. The van der Waals surface area contributed by atoms with Crippen molar-refractivity contribution in [1.82, 2.24) is 4.90 Å². The summed E-state index contributed by atoms with van der Waals surface area (Å²) in [6, 6.07) is 6.58. The molecule has 4 rings (SSSR count). The summed E-state index contributed by atoms with van der Waals surface area (Å²) in [6.45, 7) is 1.81. The van der Waals surface area contributed by atoms with Crippen LogP contribution in [-0.4, -0.2) is 51.1 Å². The maximum Gasteiger partial charge on any atom is 0.170 e. The van der Waals surface area contributed by atoms with E-state index < -0.39 is 5.79 Å². The van der Waals surface area contributed by atoms with Crippen LogP contribution in [0.4, 0.5) is 0 Å². The van der Waals surface area contributed by atoms with Crippen molar-refractivity contribution in [3.05, 3.63) is 23.8 Å². The lowest BCUT2D eigenvalue weighted by molar-refractivity contribution is -0.201. The monoisotopic (exact) mass is 333 g/mol. The highest BCUT2D eigenvalue weighted by Gasteiger charge is 2.50. The van der Waals surface area contributed by atoms with Crippen molar-refractivity contribution in [2.24, 2.45) is 5.92 Å². The summed E-state index contributed by atoms with van der Waals surface area (Å²) in [6.07, 6.45) is 4.47. The molecule has 4 unspecified atom stereocenters. The zero-order valence-corrected chi connectivity index (χ0v) is 14.8. The summed E-state index contributed by atoms with van der Waals surface area (Å²) >= 11 is 0. The van der Waals surface area contributed by atoms with Crippen molar-refractivity contribution in [2.45, 2.75) is 43.6 Å². The fraction of sp³-hybridized carbons (Fsp3) is 0.684. The molecular formula is C19H27NO4. The Labute approximate surface area is 143 Å². The summed E-state index contributed by atoms with van der Waals surface area (Å²) < 4.78 is 23.4. The van der Waals surface area contributed by atoms with E-state index in [0.29, 0.717) is 12.6 Å². The minimum absolute atomic E-state index is 0.0342. The van der Waals surface area contributed by atoms with Gasteiger partial charge >= 0.3 is 0 Å². The van der Waals surface area contributed by atoms with E-state index in [4.69, 9.17) is 18.9 Å². The first-order valence-electron chi connectivity index (χ1n) is 8.88. The Bertz CT molecular complexity index is 607. The molecule has 1 aromatic rings. The molecule has 2 aliphatic heterocycles. The fourth-order valence-electron chi connectivity index (χ4n) is 4.58. The number of fused-ring (bicyclic) bond motifs is 1. The van der Waals surface area contributed by atoms with Crippen LogP contribution in [0.2, 0.25) is 0 Å². The van der Waals surface area contributed by atoms with E-state index in [1.165, 1.54) is 19.4 Å². The van der Waals surface area contributed by atoms with Gasteiger partial charge in [-0.05, 0) is 50.0 Å². The van der Waals surface area contributed by atoms with Crippen molar-refractivity contribution < 1.29 is 18.9 Å². The van der Waals surface area contributed by atoms with Crippen LogP contribution >= 0.6 is 0 Å². The molecule has 0 bridgehead atoms. The van der Waals surface area contributed by atoms with E-state index >= 15 is 0 Å². The molecule has 3 fully saturated rings. The highest BCUT2D eigenvalue weighted by molar-refractivity contribution is 5.43. The van der Waals surface area contributed by atoms with Crippen LogP contribution in [0.15, 0.2) is 18.2 Å². The largest absolute Gasteiger partial charge is 0.493 e. The zero-order valence-electron chi connectivity index (χ0n) is 14.8. The number of likely N-dealkylation sites (tertiary alicyclic amines) is 1. The lowest BCUT2D eigenvalue weighted by Crippen LogP contribution is -2.45. The van der Waals surface area contributed by atoms with Gasteiger partial charge in [-0.25, -0.2) is 0 Å². The average Bonchev–Trinajstić information content (AvgIpc) is 3.19.